The second-order valence-electron chi connectivity index (χ2n) is 8.78. The topological polar surface area (TPSA) is 114 Å². The lowest BCUT2D eigenvalue weighted by atomic mass is 9.60. The third-order valence-electron chi connectivity index (χ3n) is 6.56. The number of benzene rings is 1. The molecule has 3 saturated carbocycles. The van der Waals surface area contributed by atoms with Gasteiger partial charge in [-0.2, -0.15) is 0 Å². The van der Waals surface area contributed by atoms with Crippen molar-refractivity contribution in [3.05, 3.63) is 46.3 Å². The molecule has 1 aromatic heterocycles. The first-order valence-corrected chi connectivity index (χ1v) is 10.9. The van der Waals surface area contributed by atoms with Gasteiger partial charge < -0.3 is 25.0 Å². The number of nitrogens with one attached hydrogen (secondary N) is 2. The maximum Gasteiger partial charge on any atom is 0.290 e. The Morgan fingerprint density at radius 2 is 2.00 bits per heavy atom. The van der Waals surface area contributed by atoms with E-state index in [1.54, 1.807) is 18.2 Å². The molecule has 1 atom stereocenters. The molecule has 1 aromatic carbocycles. The molecule has 0 unspecified atom stereocenters. The van der Waals surface area contributed by atoms with Gasteiger partial charge in [-0.25, -0.2) is 8.78 Å². The van der Waals surface area contributed by atoms with Gasteiger partial charge in [0.15, 0.2) is 12.3 Å². The summed E-state index contributed by atoms with van der Waals surface area (Å²) in [5.74, 6) is -0.811. The van der Waals surface area contributed by atoms with E-state index in [2.05, 4.69) is 15.8 Å². The maximum absolute atomic E-state index is 12.7. The largest absolute Gasteiger partial charge is 0.484 e. The summed E-state index contributed by atoms with van der Waals surface area (Å²) in [5, 5.41) is 20.4. The molecule has 5 rings (SSSR count). The van der Waals surface area contributed by atoms with E-state index in [0.717, 1.165) is 11.6 Å². The number of aryl methyl sites for hydroxylation is 1. The van der Waals surface area contributed by atoms with Crippen LogP contribution < -0.4 is 15.4 Å². The van der Waals surface area contributed by atoms with Crippen LogP contribution in [0.2, 0.25) is 5.02 Å². The van der Waals surface area contributed by atoms with Crippen LogP contribution in [0, 0.1) is 6.92 Å². The maximum atomic E-state index is 12.7. The number of ether oxygens (including phenoxy) is 1. The normalized spacial score (nSPS) is 26.3. The molecule has 2 amide bonds. The van der Waals surface area contributed by atoms with Gasteiger partial charge in [0.1, 0.15) is 5.75 Å². The number of alkyl halides is 2. The Morgan fingerprint density at radius 3 is 2.61 bits per heavy atom. The van der Waals surface area contributed by atoms with Crippen LogP contribution in [0.25, 0.3) is 0 Å². The first kappa shape index (κ1) is 23.4. The fraction of sp³-hybridized carbons (Fsp3) is 0.500. The number of carbonyl (C=O) groups excluding carboxylic acids is 2. The van der Waals surface area contributed by atoms with Crippen molar-refractivity contribution >= 4 is 23.4 Å². The third kappa shape index (κ3) is 4.81. The van der Waals surface area contributed by atoms with Crippen molar-refractivity contribution in [2.45, 2.75) is 62.6 Å². The lowest BCUT2D eigenvalue weighted by Crippen LogP contribution is -2.70. The molecule has 11 heteroatoms. The van der Waals surface area contributed by atoms with Gasteiger partial charge in [0.05, 0.1) is 11.6 Å². The van der Waals surface area contributed by atoms with Gasteiger partial charge in [-0.3, -0.25) is 9.59 Å². The molecule has 178 valence electrons. The molecular weight excluding hydrogens is 460 g/mol. The summed E-state index contributed by atoms with van der Waals surface area (Å²) < 4.78 is 35.7. The number of rotatable bonds is 7. The lowest BCUT2D eigenvalue weighted by molar-refractivity contribution is -0.132. The van der Waals surface area contributed by atoms with Crippen LogP contribution in [0.4, 0.5) is 8.78 Å². The molecule has 2 aromatic rings. The highest BCUT2D eigenvalue weighted by Crippen LogP contribution is 2.47. The fourth-order valence-corrected chi connectivity index (χ4v) is 4.75. The number of aliphatic hydroxyl groups is 1. The summed E-state index contributed by atoms with van der Waals surface area (Å²) in [4.78, 5) is 25.0. The number of amides is 2. The van der Waals surface area contributed by atoms with Crippen molar-refractivity contribution in [1.29, 1.82) is 0 Å². The molecule has 0 spiro atoms. The van der Waals surface area contributed by atoms with Crippen LogP contribution in [0.5, 0.6) is 5.75 Å². The number of aromatic nitrogens is 1. The van der Waals surface area contributed by atoms with E-state index in [1.165, 1.54) is 0 Å². The molecule has 0 aliphatic heterocycles. The average molecular weight is 484 g/mol. The van der Waals surface area contributed by atoms with E-state index >= 15 is 0 Å². The van der Waals surface area contributed by atoms with E-state index < -0.39 is 35.2 Å². The zero-order chi connectivity index (χ0) is 23.8. The minimum absolute atomic E-state index is 0.213. The van der Waals surface area contributed by atoms with Crippen LogP contribution in [0.3, 0.4) is 0 Å². The minimum Gasteiger partial charge on any atom is -0.484 e. The number of nitrogens with zero attached hydrogens (tertiary/aromatic N) is 1. The monoisotopic (exact) mass is 483 g/mol. The number of halogens is 3. The molecule has 3 fully saturated rings. The molecule has 1 heterocycles. The zero-order valence-corrected chi connectivity index (χ0v) is 18.6. The van der Waals surface area contributed by atoms with E-state index in [-0.39, 0.29) is 24.7 Å². The van der Waals surface area contributed by atoms with Crippen molar-refractivity contribution in [3.8, 4) is 5.75 Å². The van der Waals surface area contributed by atoms with Gasteiger partial charge >= 0.3 is 0 Å². The van der Waals surface area contributed by atoms with Gasteiger partial charge in [0, 0.05) is 16.6 Å². The van der Waals surface area contributed by atoms with E-state index in [0.29, 0.717) is 36.5 Å². The molecule has 0 saturated heterocycles. The molecular formula is C22H24ClF2N3O5. The van der Waals surface area contributed by atoms with E-state index in [9.17, 15) is 23.5 Å². The van der Waals surface area contributed by atoms with Crippen molar-refractivity contribution in [2.24, 2.45) is 0 Å². The first-order valence-electron chi connectivity index (χ1n) is 10.6. The van der Waals surface area contributed by atoms with Gasteiger partial charge in [-0.05, 0) is 62.8 Å². The van der Waals surface area contributed by atoms with Crippen molar-refractivity contribution in [2.75, 3.05) is 6.61 Å². The summed E-state index contributed by atoms with van der Waals surface area (Å²) in [7, 11) is 0. The highest BCUT2D eigenvalue weighted by Gasteiger charge is 2.55. The molecule has 3 aliphatic carbocycles. The smallest absolute Gasteiger partial charge is 0.290 e. The van der Waals surface area contributed by atoms with Gasteiger partial charge in [0.25, 0.3) is 18.2 Å². The number of fused-ring (bicyclic) bond motifs is 3. The minimum atomic E-state index is -2.84. The Kier molecular flexibility index (Phi) is 6.32. The predicted molar refractivity (Wildman–Crippen MR) is 113 cm³/mol. The number of aliphatic hydroxyl groups excluding tert-OH is 1. The second-order valence-corrected chi connectivity index (χ2v) is 9.18. The number of hydrogen-bond donors (Lipinski definition) is 3. The molecule has 3 aliphatic rings. The van der Waals surface area contributed by atoms with Gasteiger partial charge in [0.2, 0.25) is 5.76 Å². The molecule has 8 nitrogen and oxygen atoms in total. The lowest BCUT2D eigenvalue weighted by Gasteiger charge is -2.56. The molecule has 3 N–H and O–H groups in total. The molecule has 33 heavy (non-hydrogen) atoms. The quantitative estimate of drug-likeness (QED) is 0.556. The Morgan fingerprint density at radius 1 is 1.27 bits per heavy atom. The average Bonchev–Trinajstić information content (AvgIpc) is 3.27. The van der Waals surface area contributed by atoms with Crippen molar-refractivity contribution < 1.29 is 32.7 Å². The molecule has 2 bridgehead atoms. The number of carbonyl (C=O) groups is 2. The van der Waals surface area contributed by atoms with Crippen molar-refractivity contribution in [3.63, 3.8) is 0 Å². The number of hydrogen-bond acceptors (Lipinski definition) is 6. The Labute approximate surface area is 193 Å². The van der Waals surface area contributed by atoms with Crippen LogP contribution in [0.1, 0.15) is 60.3 Å². The summed E-state index contributed by atoms with van der Waals surface area (Å²) >= 11 is 5.99. The standard InChI is InChI=1S/C22H24ClF2N3O5/c1-12-8-13(2-3-14(12)23)32-11-18(30)26-22-6-4-21(5-7-22,10-17(22)29)27-20(31)16-9-15(19(24)25)28-33-16/h2-3,8-9,17,19,29H,4-7,10-11H2,1H3,(H,26,30)(H,27,31)/t17-,21?,22?/m0/s1. The Balaban J connectivity index is 1.34. The van der Waals surface area contributed by atoms with Crippen molar-refractivity contribution in [1.82, 2.24) is 15.8 Å². The van der Waals surface area contributed by atoms with Crippen LogP contribution in [0.15, 0.2) is 28.8 Å². The zero-order valence-electron chi connectivity index (χ0n) is 17.9. The SMILES string of the molecule is Cc1cc(OCC(=O)NC23CCC(NC(=O)c4cc(C(F)F)no4)(CC2)C[C@@H]3O)ccc1Cl. The Bertz CT molecular complexity index is 1050. The highest BCUT2D eigenvalue weighted by atomic mass is 35.5. The predicted octanol–water partition coefficient (Wildman–Crippen LogP) is 3.32. The summed E-state index contributed by atoms with van der Waals surface area (Å²) in [5.41, 5.74) is -1.30. The molecule has 0 radical (unpaired) electrons. The van der Waals surface area contributed by atoms with E-state index in [1.807, 2.05) is 6.92 Å². The van der Waals surface area contributed by atoms with Crippen LogP contribution in [-0.4, -0.2) is 45.9 Å². The highest BCUT2D eigenvalue weighted by molar-refractivity contribution is 6.31. The third-order valence-corrected chi connectivity index (χ3v) is 6.99. The summed E-state index contributed by atoms with van der Waals surface area (Å²) in [6, 6.07) is 6.01. The van der Waals surface area contributed by atoms with E-state index in [4.69, 9.17) is 20.9 Å². The summed E-state index contributed by atoms with van der Waals surface area (Å²) in [6.07, 6.45) is -1.62. The van der Waals surface area contributed by atoms with Gasteiger partial charge in [-0.15, -0.1) is 0 Å². The summed E-state index contributed by atoms with van der Waals surface area (Å²) in [6.45, 7) is 1.62. The van der Waals surface area contributed by atoms with Crippen LogP contribution in [-0.2, 0) is 4.79 Å². The van der Waals surface area contributed by atoms with Crippen LogP contribution >= 0.6 is 11.6 Å². The fourth-order valence-electron chi connectivity index (χ4n) is 4.63. The Hall–Kier alpha value is -2.72. The first-order chi connectivity index (χ1) is 15.6. The second kappa shape index (κ2) is 8.90. The van der Waals surface area contributed by atoms with Gasteiger partial charge in [-0.1, -0.05) is 16.8 Å².